The van der Waals surface area contributed by atoms with Crippen LogP contribution in [0.2, 0.25) is 0 Å². The van der Waals surface area contributed by atoms with E-state index >= 15 is 0 Å². The molecule has 1 aliphatic heterocycles. The first kappa shape index (κ1) is 18.9. The van der Waals surface area contributed by atoms with Crippen LogP contribution in [0.1, 0.15) is 41.3 Å². The number of benzene rings is 2. The van der Waals surface area contributed by atoms with Crippen LogP contribution in [0.15, 0.2) is 48.5 Å². The Hall–Kier alpha value is -2.84. The number of amides is 1. The largest absolute Gasteiger partial charge is 0.489 e. The molecular formula is C22H24N2O3. The van der Waals surface area contributed by atoms with Gasteiger partial charge in [0.1, 0.15) is 12.4 Å². The lowest BCUT2D eigenvalue weighted by molar-refractivity contribution is 0.0539. The number of nitriles is 1. The quantitative estimate of drug-likeness (QED) is 0.750. The Morgan fingerprint density at radius 2 is 2.15 bits per heavy atom. The van der Waals surface area contributed by atoms with Gasteiger partial charge in [0.25, 0.3) is 5.91 Å². The van der Waals surface area contributed by atoms with Crippen molar-refractivity contribution in [2.75, 3.05) is 19.7 Å². The van der Waals surface area contributed by atoms with Crippen LogP contribution in [0.25, 0.3) is 0 Å². The minimum atomic E-state index is -0.0177. The predicted octanol–water partition coefficient (Wildman–Crippen LogP) is 3.78. The lowest BCUT2D eigenvalue weighted by Crippen LogP contribution is -2.37. The molecule has 0 bridgehead atoms. The lowest BCUT2D eigenvalue weighted by Gasteiger charge is -2.24. The van der Waals surface area contributed by atoms with Crippen LogP contribution in [-0.2, 0) is 11.3 Å². The van der Waals surface area contributed by atoms with E-state index in [0.717, 1.165) is 25.0 Å². The van der Waals surface area contributed by atoms with E-state index in [0.29, 0.717) is 30.0 Å². The van der Waals surface area contributed by atoms with Gasteiger partial charge in [-0.3, -0.25) is 4.79 Å². The highest BCUT2D eigenvalue weighted by atomic mass is 16.5. The van der Waals surface area contributed by atoms with Gasteiger partial charge in [0.05, 0.1) is 17.7 Å². The maximum Gasteiger partial charge on any atom is 0.254 e. The molecule has 2 aromatic rings. The average Bonchev–Trinajstić information content (AvgIpc) is 3.23. The van der Waals surface area contributed by atoms with Crippen LogP contribution in [0.5, 0.6) is 5.75 Å². The highest BCUT2D eigenvalue weighted by molar-refractivity contribution is 5.94. The van der Waals surface area contributed by atoms with Gasteiger partial charge < -0.3 is 14.4 Å². The summed E-state index contributed by atoms with van der Waals surface area (Å²) in [4.78, 5) is 14.7. The molecule has 0 saturated carbocycles. The van der Waals surface area contributed by atoms with Gasteiger partial charge in [0, 0.05) is 30.8 Å². The van der Waals surface area contributed by atoms with Gasteiger partial charge in [-0.2, -0.15) is 5.26 Å². The number of nitrogens with zero attached hydrogens (tertiary/aromatic N) is 2. The molecule has 5 heteroatoms. The Kier molecular flexibility index (Phi) is 6.45. The van der Waals surface area contributed by atoms with Crippen LogP contribution in [0.4, 0.5) is 0 Å². The molecule has 1 saturated heterocycles. The number of rotatable bonds is 7. The van der Waals surface area contributed by atoms with Gasteiger partial charge in [-0.25, -0.2) is 0 Å². The number of hydrogen-bond donors (Lipinski definition) is 0. The fourth-order valence-corrected chi connectivity index (χ4v) is 3.21. The minimum absolute atomic E-state index is 0.0177. The van der Waals surface area contributed by atoms with Crippen molar-refractivity contribution in [2.45, 2.75) is 32.5 Å². The van der Waals surface area contributed by atoms with E-state index < -0.39 is 0 Å². The standard InChI is InChI=1S/C22H24N2O3/c1-2-24(15-21-11-6-12-26-21)22(25)17-9-5-10-20(13-17)27-16-19-8-4-3-7-18(19)14-23/h3-5,7-10,13,21H,2,6,11-12,15-16H2,1H3. The van der Waals surface area contributed by atoms with E-state index in [1.54, 1.807) is 18.2 Å². The number of hydrogen-bond acceptors (Lipinski definition) is 4. The van der Waals surface area contributed by atoms with Gasteiger partial charge >= 0.3 is 0 Å². The molecule has 0 N–H and O–H groups in total. The Labute approximate surface area is 160 Å². The highest BCUT2D eigenvalue weighted by Crippen LogP contribution is 2.19. The van der Waals surface area contributed by atoms with Crippen molar-refractivity contribution in [2.24, 2.45) is 0 Å². The number of ether oxygens (including phenoxy) is 2. The third-order valence-electron chi connectivity index (χ3n) is 4.73. The van der Waals surface area contributed by atoms with Crippen LogP contribution < -0.4 is 4.74 Å². The molecule has 140 valence electrons. The summed E-state index contributed by atoms with van der Waals surface area (Å²) >= 11 is 0. The maximum atomic E-state index is 12.9. The minimum Gasteiger partial charge on any atom is -0.489 e. The molecule has 1 atom stereocenters. The zero-order valence-corrected chi connectivity index (χ0v) is 15.6. The molecule has 1 heterocycles. The zero-order valence-electron chi connectivity index (χ0n) is 15.6. The second-order valence-corrected chi connectivity index (χ2v) is 6.56. The van der Waals surface area contributed by atoms with E-state index in [4.69, 9.17) is 9.47 Å². The maximum absolute atomic E-state index is 12.9. The van der Waals surface area contributed by atoms with E-state index in [-0.39, 0.29) is 18.6 Å². The summed E-state index contributed by atoms with van der Waals surface area (Å²) in [6, 6.07) is 16.7. The molecule has 0 radical (unpaired) electrons. The third-order valence-corrected chi connectivity index (χ3v) is 4.73. The Balaban J connectivity index is 1.67. The zero-order chi connectivity index (χ0) is 19.1. The molecular weight excluding hydrogens is 340 g/mol. The summed E-state index contributed by atoms with van der Waals surface area (Å²) < 4.78 is 11.5. The molecule has 3 rings (SSSR count). The highest BCUT2D eigenvalue weighted by Gasteiger charge is 2.22. The Bertz CT molecular complexity index is 822. The van der Waals surface area contributed by atoms with Crippen molar-refractivity contribution in [1.29, 1.82) is 5.26 Å². The van der Waals surface area contributed by atoms with E-state index in [9.17, 15) is 10.1 Å². The molecule has 1 unspecified atom stereocenters. The Morgan fingerprint density at radius 3 is 2.89 bits per heavy atom. The van der Waals surface area contributed by atoms with Gasteiger partial charge in [-0.05, 0) is 44.0 Å². The number of carbonyl (C=O) groups is 1. The molecule has 5 nitrogen and oxygen atoms in total. The molecule has 0 aliphatic carbocycles. The van der Waals surface area contributed by atoms with Crippen molar-refractivity contribution in [3.05, 3.63) is 65.2 Å². The normalized spacial score (nSPS) is 15.9. The summed E-state index contributed by atoms with van der Waals surface area (Å²) in [6.07, 6.45) is 2.20. The third kappa shape index (κ3) is 4.87. The van der Waals surface area contributed by atoms with Crippen LogP contribution >= 0.6 is 0 Å². The van der Waals surface area contributed by atoms with E-state index in [1.807, 2.05) is 42.2 Å². The summed E-state index contributed by atoms with van der Waals surface area (Å²) in [7, 11) is 0. The van der Waals surface area contributed by atoms with Gasteiger partial charge in [-0.1, -0.05) is 24.3 Å². The molecule has 0 aromatic heterocycles. The van der Waals surface area contributed by atoms with Gasteiger partial charge in [-0.15, -0.1) is 0 Å². The second-order valence-electron chi connectivity index (χ2n) is 6.56. The topological polar surface area (TPSA) is 62.6 Å². The van der Waals surface area contributed by atoms with Crippen molar-refractivity contribution in [3.8, 4) is 11.8 Å². The SMILES string of the molecule is CCN(CC1CCCO1)C(=O)c1cccc(OCc2ccccc2C#N)c1. The average molecular weight is 364 g/mol. The smallest absolute Gasteiger partial charge is 0.254 e. The monoisotopic (exact) mass is 364 g/mol. The predicted molar refractivity (Wildman–Crippen MR) is 102 cm³/mol. The van der Waals surface area contributed by atoms with Crippen molar-refractivity contribution in [3.63, 3.8) is 0 Å². The Morgan fingerprint density at radius 1 is 1.30 bits per heavy atom. The number of likely N-dealkylation sites (N-methyl/N-ethyl adjacent to an activating group) is 1. The lowest BCUT2D eigenvalue weighted by atomic mass is 10.1. The molecule has 1 aliphatic rings. The summed E-state index contributed by atoms with van der Waals surface area (Å²) in [6.45, 7) is 4.31. The first-order valence-corrected chi connectivity index (χ1v) is 9.33. The van der Waals surface area contributed by atoms with Crippen molar-refractivity contribution >= 4 is 5.91 Å². The van der Waals surface area contributed by atoms with Crippen molar-refractivity contribution < 1.29 is 14.3 Å². The fourth-order valence-electron chi connectivity index (χ4n) is 3.21. The van der Waals surface area contributed by atoms with Crippen LogP contribution in [0.3, 0.4) is 0 Å². The first-order valence-electron chi connectivity index (χ1n) is 9.33. The summed E-state index contributed by atoms with van der Waals surface area (Å²) in [5.74, 6) is 0.595. The van der Waals surface area contributed by atoms with E-state index in [2.05, 4.69) is 6.07 Å². The van der Waals surface area contributed by atoms with Crippen LogP contribution in [0, 0.1) is 11.3 Å². The van der Waals surface area contributed by atoms with E-state index in [1.165, 1.54) is 0 Å². The summed E-state index contributed by atoms with van der Waals surface area (Å²) in [5.41, 5.74) is 2.02. The molecule has 0 spiro atoms. The molecule has 1 amide bonds. The summed E-state index contributed by atoms with van der Waals surface area (Å²) in [5, 5.41) is 9.17. The van der Waals surface area contributed by atoms with Gasteiger partial charge in [0.2, 0.25) is 0 Å². The first-order chi connectivity index (χ1) is 13.2. The number of carbonyl (C=O) groups excluding carboxylic acids is 1. The molecule has 1 fully saturated rings. The molecule has 2 aromatic carbocycles. The molecule has 27 heavy (non-hydrogen) atoms. The van der Waals surface area contributed by atoms with Crippen molar-refractivity contribution in [1.82, 2.24) is 4.90 Å². The van der Waals surface area contributed by atoms with Crippen LogP contribution in [-0.4, -0.2) is 36.6 Å². The van der Waals surface area contributed by atoms with Gasteiger partial charge in [0.15, 0.2) is 0 Å². The fraction of sp³-hybridized carbons (Fsp3) is 0.364. The second kappa shape index (κ2) is 9.20.